The number of hydrogen-bond donors (Lipinski definition) is 1. The number of ether oxygens (including phenoxy) is 3. The van der Waals surface area contributed by atoms with Gasteiger partial charge in [0.25, 0.3) is 5.69 Å². The zero-order chi connectivity index (χ0) is 27.4. The summed E-state index contributed by atoms with van der Waals surface area (Å²) in [5.74, 6) is 0.799. The lowest BCUT2D eigenvalue weighted by Crippen LogP contribution is -2.25. The number of nitrogens with zero attached hydrogens (tertiary/aromatic N) is 5. The van der Waals surface area contributed by atoms with Crippen LogP contribution in [0.15, 0.2) is 42.7 Å². The van der Waals surface area contributed by atoms with Crippen LogP contribution in [0.5, 0.6) is 5.75 Å². The molecule has 0 aliphatic heterocycles. The maximum Gasteiger partial charge on any atom is 0.514 e. The van der Waals surface area contributed by atoms with Gasteiger partial charge >= 0.3 is 12.1 Å². The second-order valence-electron chi connectivity index (χ2n) is 9.79. The largest absolute Gasteiger partial charge is 0.514 e. The molecule has 2 aromatic heterocycles. The zero-order valence-corrected chi connectivity index (χ0v) is 21.4. The molecule has 0 radical (unpaired) electrons. The van der Waals surface area contributed by atoms with Crippen LogP contribution in [0.3, 0.4) is 0 Å². The van der Waals surface area contributed by atoms with Crippen LogP contribution in [0.4, 0.5) is 22.1 Å². The molecule has 1 aliphatic rings. The van der Waals surface area contributed by atoms with Gasteiger partial charge in [-0.05, 0) is 52.2 Å². The Morgan fingerprint density at radius 2 is 1.87 bits per heavy atom. The van der Waals surface area contributed by atoms with Crippen molar-refractivity contribution < 1.29 is 28.7 Å². The molecular weight excluding hydrogens is 496 g/mol. The quantitative estimate of drug-likeness (QED) is 0.197. The van der Waals surface area contributed by atoms with Gasteiger partial charge in [-0.25, -0.2) is 24.2 Å². The zero-order valence-electron chi connectivity index (χ0n) is 21.4. The topological polar surface area (TPSA) is 161 Å². The number of rotatable bonds is 7. The normalized spacial score (nSPS) is 17.1. The van der Waals surface area contributed by atoms with Crippen molar-refractivity contribution >= 4 is 29.4 Å². The molecule has 3 aromatic rings. The third-order valence-corrected chi connectivity index (χ3v) is 5.98. The Kier molecular flexibility index (Phi) is 7.55. The van der Waals surface area contributed by atoms with Gasteiger partial charge in [-0.2, -0.15) is 5.10 Å². The lowest BCUT2D eigenvalue weighted by Gasteiger charge is -2.22. The molecule has 1 aliphatic carbocycles. The van der Waals surface area contributed by atoms with Crippen LogP contribution in [0, 0.1) is 10.1 Å². The first-order chi connectivity index (χ1) is 18.0. The Bertz CT molecular complexity index is 1320. The predicted octanol–water partition coefficient (Wildman–Crippen LogP) is 4.72. The van der Waals surface area contributed by atoms with Gasteiger partial charge in [0.15, 0.2) is 5.69 Å². The third-order valence-electron chi connectivity index (χ3n) is 5.98. The number of carbonyl (C=O) groups is 2. The molecule has 13 heteroatoms. The lowest BCUT2D eigenvalue weighted by atomic mass is 10.0. The van der Waals surface area contributed by atoms with Gasteiger partial charge in [0.1, 0.15) is 23.5 Å². The number of anilines is 2. The maximum absolute atomic E-state index is 12.3. The van der Waals surface area contributed by atoms with E-state index in [0.717, 1.165) is 12.1 Å². The van der Waals surface area contributed by atoms with Gasteiger partial charge in [0.2, 0.25) is 0 Å². The van der Waals surface area contributed by atoms with Crippen molar-refractivity contribution in [2.75, 3.05) is 12.4 Å². The summed E-state index contributed by atoms with van der Waals surface area (Å²) in [4.78, 5) is 42.4. The number of aromatic nitrogens is 4. The molecule has 2 atom stereocenters. The fourth-order valence-corrected chi connectivity index (χ4v) is 4.14. The minimum absolute atomic E-state index is 0.0594. The third kappa shape index (κ3) is 6.22. The number of carbonyl (C=O) groups excluding carboxylic acids is 2. The first kappa shape index (κ1) is 26.5. The molecule has 1 N–H and O–H groups in total. The van der Waals surface area contributed by atoms with Gasteiger partial charge < -0.3 is 19.5 Å². The SMILES string of the molecule is COC(=O)c1cnc(Nc2cc([C@H]3CC[C@@H](OC(=O)Oc4ccc([N+](=O)[O-])cc4)C3)nn2C(C)(C)C)cn1. The number of nitro benzene ring substituents is 1. The summed E-state index contributed by atoms with van der Waals surface area (Å²) in [6.45, 7) is 6.07. The summed E-state index contributed by atoms with van der Waals surface area (Å²) in [5.41, 5.74) is 0.505. The first-order valence-electron chi connectivity index (χ1n) is 11.9. The van der Waals surface area contributed by atoms with E-state index in [9.17, 15) is 19.7 Å². The number of nitrogens with one attached hydrogen (secondary N) is 1. The molecule has 1 saturated carbocycles. The molecule has 0 unspecified atom stereocenters. The van der Waals surface area contributed by atoms with Crippen molar-refractivity contribution in [2.45, 2.75) is 57.6 Å². The second kappa shape index (κ2) is 10.8. The van der Waals surface area contributed by atoms with Crippen molar-refractivity contribution in [2.24, 2.45) is 0 Å². The number of nitro groups is 1. The monoisotopic (exact) mass is 524 g/mol. The van der Waals surface area contributed by atoms with Crippen LogP contribution in [0.2, 0.25) is 0 Å². The van der Waals surface area contributed by atoms with Crippen LogP contribution in [0.1, 0.15) is 62.1 Å². The summed E-state index contributed by atoms with van der Waals surface area (Å²) in [5, 5.41) is 18.8. The Hall–Kier alpha value is -4.55. The molecular formula is C25H28N6O7. The van der Waals surface area contributed by atoms with Gasteiger partial charge in [-0.15, -0.1) is 0 Å². The highest BCUT2D eigenvalue weighted by Crippen LogP contribution is 2.38. The van der Waals surface area contributed by atoms with Crippen molar-refractivity contribution in [3.8, 4) is 5.75 Å². The van der Waals surface area contributed by atoms with Crippen LogP contribution in [-0.2, 0) is 15.0 Å². The van der Waals surface area contributed by atoms with Crippen LogP contribution < -0.4 is 10.1 Å². The molecule has 0 bridgehead atoms. The molecule has 0 amide bonds. The lowest BCUT2D eigenvalue weighted by molar-refractivity contribution is -0.384. The van der Waals surface area contributed by atoms with E-state index in [0.29, 0.717) is 24.5 Å². The van der Waals surface area contributed by atoms with E-state index >= 15 is 0 Å². The standard InChI is InChI=1S/C25H28N6O7/c1-25(2,3)30-22(28-21-14-26-20(13-27-21)23(32)36-4)12-19(29-30)15-5-8-18(11-15)38-24(33)37-17-9-6-16(7-10-17)31(34)35/h6-7,9-10,12-15,18H,5,8,11H2,1-4H3,(H,27,28)/t15-,18+/m0/s1. The van der Waals surface area contributed by atoms with Gasteiger partial charge in [0, 0.05) is 24.1 Å². The van der Waals surface area contributed by atoms with Crippen molar-refractivity contribution in [1.82, 2.24) is 19.7 Å². The first-order valence-corrected chi connectivity index (χ1v) is 11.9. The van der Waals surface area contributed by atoms with E-state index in [4.69, 9.17) is 14.6 Å². The summed E-state index contributed by atoms with van der Waals surface area (Å²) >= 11 is 0. The number of benzene rings is 1. The average Bonchev–Trinajstić information content (AvgIpc) is 3.51. The molecule has 38 heavy (non-hydrogen) atoms. The Morgan fingerprint density at radius 3 is 2.47 bits per heavy atom. The number of hydrogen-bond acceptors (Lipinski definition) is 11. The summed E-state index contributed by atoms with van der Waals surface area (Å²) in [6, 6.07) is 7.13. The van der Waals surface area contributed by atoms with Crippen LogP contribution in [0.25, 0.3) is 0 Å². The Morgan fingerprint density at radius 1 is 1.13 bits per heavy atom. The maximum atomic E-state index is 12.3. The Labute approximate surface area is 218 Å². The number of esters is 1. The fraction of sp³-hybridized carbons (Fsp3) is 0.400. The molecule has 1 aromatic carbocycles. The highest BCUT2D eigenvalue weighted by molar-refractivity contribution is 5.86. The number of non-ortho nitro benzene ring substituents is 1. The van der Waals surface area contributed by atoms with Crippen molar-refractivity contribution in [3.63, 3.8) is 0 Å². The highest BCUT2D eigenvalue weighted by atomic mass is 16.7. The fourth-order valence-electron chi connectivity index (χ4n) is 4.14. The van der Waals surface area contributed by atoms with Crippen molar-refractivity contribution in [1.29, 1.82) is 0 Å². The van der Waals surface area contributed by atoms with E-state index in [2.05, 4.69) is 20.0 Å². The molecule has 0 spiro atoms. The minimum atomic E-state index is -0.860. The van der Waals surface area contributed by atoms with E-state index in [1.54, 1.807) is 0 Å². The van der Waals surface area contributed by atoms with Gasteiger partial charge in [-0.3, -0.25) is 10.1 Å². The van der Waals surface area contributed by atoms with Crippen LogP contribution >= 0.6 is 0 Å². The summed E-state index contributed by atoms with van der Waals surface area (Å²) in [7, 11) is 1.28. The smallest absolute Gasteiger partial charge is 0.464 e. The van der Waals surface area contributed by atoms with Crippen molar-refractivity contribution in [3.05, 3.63) is 64.2 Å². The molecule has 1 fully saturated rings. The summed E-state index contributed by atoms with van der Waals surface area (Å²) in [6.07, 6.45) is 3.56. The van der Waals surface area contributed by atoms with E-state index in [-0.39, 0.29) is 34.7 Å². The second-order valence-corrected chi connectivity index (χ2v) is 9.79. The molecule has 13 nitrogen and oxygen atoms in total. The number of methoxy groups -OCH3 is 1. The molecule has 0 saturated heterocycles. The van der Waals surface area contributed by atoms with E-state index in [1.165, 1.54) is 43.8 Å². The average molecular weight is 525 g/mol. The highest BCUT2D eigenvalue weighted by Gasteiger charge is 2.32. The predicted molar refractivity (Wildman–Crippen MR) is 134 cm³/mol. The van der Waals surface area contributed by atoms with Crippen LogP contribution in [-0.4, -0.2) is 50.0 Å². The van der Waals surface area contributed by atoms with Gasteiger partial charge in [0.05, 0.1) is 35.7 Å². The van der Waals surface area contributed by atoms with E-state index < -0.39 is 17.0 Å². The van der Waals surface area contributed by atoms with E-state index in [1.807, 2.05) is 31.5 Å². The summed E-state index contributed by atoms with van der Waals surface area (Å²) < 4.78 is 17.2. The molecule has 200 valence electrons. The van der Waals surface area contributed by atoms with Gasteiger partial charge in [-0.1, -0.05) is 0 Å². The minimum Gasteiger partial charge on any atom is -0.464 e. The Balaban J connectivity index is 1.40. The molecule has 4 rings (SSSR count). The molecule has 2 heterocycles.